The summed E-state index contributed by atoms with van der Waals surface area (Å²) in [5.41, 5.74) is 2.53. The topological polar surface area (TPSA) is 22.0 Å². The molecule has 2 aromatic rings. The lowest BCUT2D eigenvalue weighted by molar-refractivity contribution is 0.0973. The van der Waals surface area contributed by atoms with Crippen LogP contribution in [0.4, 0.5) is 4.39 Å². The molecule has 0 atom stereocenters. The molecule has 0 aliphatic heterocycles. The fraction of sp³-hybridized carbons (Fsp3) is 0.267. The Morgan fingerprint density at radius 2 is 2.11 bits per heavy atom. The van der Waals surface area contributed by atoms with Crippen molar-refractivity contribution < 1.29 is 9.18 Å². The van der Waals surface area contributed by atoms with Crippen molar-refractivity contribution >= 4 is 21.7 Å². The highest BCUT2D eigenvalue weighted by Crippen LogP contribution is 2.23. The Bertz CT molecular complexity index is 648. The van der Waals surface area contributed by atoms with Crippen molar-refractivity contribution in [2.75, 3.05) is 0 Å². The Hall–Kier alpha value is -1.42. The molecule has 0 bridgehead atoms. The molecular formula is C15H13BrFNO. The Morgan fingerprint density at radius 3 is 2.84 bits per heavy atom. The predicted molar refractivity (Wildman–Crippen MR) is 74.9 cm³/mol. The van der Waals surface area contributed by atoms with Gasteiger partial charge in [0.25, 0.3) is 0 Å². The number of fused-ring (bicyclic) bond motifs is 1. The highest BCUT2D eigenvalue weighted by atomic mass is 79.9. The van der Waals surface area contributed by atoms with Crippen LogP contribution in [-0.4, -0.2) is 10.4 Å². The minimum atomic E-state index is -0.229. The molecule has 1 aliphatic carbocycles. The van der Waals surface area contributed by atoms with Crippen molar-refractivity contribution in [3.05, 3.63) is 57.6 Å². The first-order chi connectivity index (χ1) is 9.13. The second-order valence-corrected chi connectivity index (χ2v) is 5.80. The van der Waals surface area contributed by atoms with Crippen LogP contribution in [0, 0.1) is 5.82 Å². The van der Waals surface area contributed by atoms with Crippen molar-refractivity contribution in [2.45, 2.75) is 25.8 Å². The summed E-state index contributed by atoms with van der Waals surface area (Å²) in [4.78, 5) is 11.8. The lowest BCUT2D eigenvalue weighted by Crippen LogP contribution is -2.07. The Labute approximate surface area is 119 Å². The Morgan fingerprint density at radius 1 is 1.26 bits per heavy atom. The van der Waals surface area contributed by atoms with Crippen molar-refractivity contribution in [2.24, 2.45) is 0 Å². The van der Waals surface area contributed by atoms with E-state index >= 15 is 0 Å². The van der Waals surface area contributed by atoms with Gasteiger partial charge in [0.2, 0.25) is 0 Å². The smallest absolute Gasteiger partial charge is 0.164 e. The van der Waals surface area contributed by atoms with Gasteiger partial charge in [-0.15, -0.1) is 0 Å². The van der Waals surface area contributed by atoms with Gasteiger partial charge in [-0.25, -0.2) is 4.39 Å². The molecule has 1 aromatic carbocycles. The summed E-state index contributed by atoms with van der Waals surface area (Å²) in [6, 6.07) is 5.05. The van der Waals surface area contributed by atoms with Crippen molar-refractivity contribution in [3.63, 3.8) is 0 Å². The van der Waals surface area contributed by atoms with Gasteiger partial charge in [0.05, 0.1) is 0 Å². The van der Waals surface area contributed by atoms with Crippen LogP contribution < -0.4 is 0 Å². The molecule has 1 aromatic heterocycles. The number of carbonyl (C=O) groups is 1. The Balaban J connectivity index is 1.89. The van der Waals surface area contributed by atoms with Gasteiger partial charge in [-0.2, -0.15) is 0 Å². The Kier molecular flexibility index (Phi) is 3.27. The number of rotatable bonds is 2. The standard InChI is InChI=1S/C15H13BrFNO/c16-12-5-4-11(14(17)6-12)8-18-7-10-2-1-3-15(19)13(10)9-18/h4-7,9H,1-3,8H2. The maximum Gasteiger partial charge on any atom is 0.164 e. The zero-order valence-corrected chi connectivity index (χ0v) is 11.9. The molecular weight excluding hydrogens is 309 g/mol. The monoisotopic (exact) mass is 321 g/mol. The number of nitrogens with zero attached hydrogens (tertiary/aromatic N) is 1. The third-order valence-corrected chi connectivity index (χ3v) is 3.97. The van der Waals surface area contributed by atoms with Gasteiger partial charge in [-0.3, -0.25) is 4.79 Å². The molecule has 0 radical (unpaired) electrons. The first-order valence-corrected chi connectivity index (χ1v) is 7.08. The second kappa shape index (κ2) is 4.93. The zero-order valence-electron chi connectivity index (χ0n) is 10.3. The predicted octanol–water partition coefficient (Wildman–Crippen LogP) is 3.96. The number of hydrogen-bond donors (Lipinski definition) is 0. The molecule has 0 saturated carbocycles. The average Bonchev–Trinajstić information content (AvgIpc) is 2.77. The van der Waals surface area contributed by atoms with Crippen LogP contribution in [0.15, 0.2) is 35.1 Å². The summed E-state index contributed by atoms with van der Waals surface area (Å²) < 4.78 is 16.4. The first kappa shape index (κ1) is 12.6. The molecule has 0 saturated heterocycles. The molecule has 0 fully saturated rings. The molecule has 2 nitrogen and oxygen atoms in total. The second-order valence-electron chi connectivity index (χ2n) is 4.88. The SMILES string of the molecule is O=C1CCCc2cn(Cc3ccc(Br)cc3F)cc21. The van der Waals surface area contributed by atoms with Gasteiger partial charge in [0.15, 0.2) is 5.78 Å². The summed E-state index contributed by atoms with van der Waals surface area (Å²) in [6.45, 7) is 0.458. The van der Waals surface area contributed by atoms with Gasteiger partial charge in [0.1, 0.15) is 5.82 Å². The molecule has 1 heterocycles. The molecule has 1 aliphatic rings. The summed E-state index contributed by atoms with van der Waals surface area (Å²) in [7, 11) is 0. The van der Waals surface area contributed by atoms with Gasteiger partial charge in [-0.05, 0) is 30.5 Å². The van der Waals surface area contributed by atoms with Crippen LogP contribution in [0.3, 0.4) is 0 Å². The number of halogens is 2. The summed E-state index contributed by atoms with van der Waals surface area (Å²) >= 11 is 3.24. The van der Waals surface area contributed by atoms with Crippen molar-refractivity contribution in [1.82, 2.24) is 4.57 Å². The largest absolute Gasteiger partial charge is 0.349 e. The summed E-state index contributed by atoms with van der Waals surface area (Å²) in [5, 5.41) is 0. The lowest BCUT2D eigenvalue weighted by Gasteiger charge is -2.07. The lowest BCUT2D eigenvalue weighted by atomic mass is 9.95. The number of hydrogen-bond acceptors (Lipinski definition) is 1. The van der Waals surface area contributed by atoms with Gasteiger partial charge >= 0.3 is 0 Å². The number of aromatic nitrogens is 1. The fourth-order valence-corrected chi connectivity index (χ4v) is 2.85. The molecule has 3 rings (SSSR count). The van der Waals surface area contributed by atoms with Gasteiger partial charge in [0, 0.05) is 41.0 Å². The van der Waals surface area contributed by atoms with E-state index < -0.39 is 0 Å². The number of ketones is 1. The molecule has 0 spiro atoms. The van der Waals surface area contributed by atoms with E-state index in [1.54, 1.807) is 6.07 Å². The highest BCUT2D eigenvalue weighted by molar-refractivity contribution is 9.10. The van der Waals surface area contributed by atoms with Gasteiger partial charge < -0.3 is 4.57 Å². The quantitative estimate of drug-likeness (QED) is 0.820. The minimum Gasteiger partial charge on any atom is -0.349 e. The van der Waals surface area contributed by atoms with Crippen LogP contribution in [0.2, 0.25) is 0 Å². The third kappa shape index (κ3) is 2.50. The molecule has 0 amide bonds. The van der Waals surface area contributed by atoms with E-state index in [0.717, 1.165) is 28.4 Å². The van der Waals surface area contributed by atoms with Gasteiger partial charge in [-0.1, -0.05) is 22.0 Å². The van der Waals surface area contributed by atoms with Crippen LogP contribution in [0.5, 0.6) is 0 Å². The minimum absolute atomic E-state index is 0.205. The molecule has 19 heavy (non-hydrogen) atoms. The van der Waals surface area contributed by atoms with E-state index in [4.69, 9.17) is 0 Å². The summed E-state index contributed by atoms with van der Waals surface area (Å²) in [6.07, 6.45) is 6.30. The number of Topliss-reactive ketones (excluding diaryl/α,β-unsaturated/α-hetero) is 1. The maximum absolute atomic E-state index is 13.8. The third-order valence-electron chi connectivity index (χ3n) is 3.48. The normalized spacial score (nSPS) is 14.5. The van der Waals surface area contributed by atoms with Crippen LogP contribution >= 0.6 is 15.9 Å². The summed E-state index contributed by atoms with van der Waals surface area (Å²) in [5.74, 6) is -0.0244. The molecule has 4 heteroatoms. The van der Waals surface area contributed by atoms with Crippen molar-refractivity contribution in [3.8, 4) is 0 Å². The molecule has 0 unspecified atom stereocenters. The molecule has 98 valence electrons. The number of carbonyl (C=O) groups excluding carboxylic acids is 1. The van der Waals surface area contributed by atoms with E-state index in [1.165, 1.54) is 6.07 Å². The van der Waals surface area contributed by atoms with E-state index in [-0.39, 0.29) is 11.6 Å². The zero-order chi connectivity index (χ0) is 13.4. The average molecular weight is 322 g/mol. The molecule has 0 N–H and O–H groups in total. The van der Waals surface area contributed by atoms with E-state index in [2.05, 4.69) is 15.9 Å². The first-order valence-electron chi connectivity index (χ1n) is 6.29. The van der Waals surface area contributed by atoms with Crippen molar-refractivity contribution in [1.29, 1.82) is 0 Å². The fourth-order valence-electron chi connectivity index (χ4n) is 2.52. The van der Waals surface area contributed by atoms with E-state index in [9.17, 15) is 9.18 Å². The van der Waals surface area contributed by atoms with Crippen LogP contribution in [0.25, 0.3) is 0 Å². The number of aryl methyl sites for hydroxylation is 1. The highest BCUT2D eigenvalue weighted by Gasteiger charge is 2.19. The number of benzene rings is 1. The van der Waals surface area contributed by atoms with Crippen LogP contribution in [-0.2, 0) is 13.0 Å². The van der Waals surface area contributed by atoms with E-state index in [0.29, 0.717) is 18.5 Å². The van der Waals surface area contributed by atoms with E-state index in [1.807, 2.05) is 23.0 Å². The van der Waals surface area contributed by atoms with Crippen LogP contribution in [0.1, 0.15) is 34.3 Å². The maximum atomic E-state index is 13.8.